The second-order valence-corrected chi connectivity index (χ2v) is 20.8. The lowest BCUT2D eigenvalue weighted by Crippen LogP contribution is -2.56. The highest BCUT2D eigenvalue weighted by atomic mass is 79.9. The summed E-state index contributed by atoms with van der Waals surface area (Å²) in [7, 11) is 2.02. The molecule has 2 unspecified atom stereocenters. The van der Waals surface area contributed by atoms with Gasteiger partial charge in [-0.05, 0) is 67.3 Å². The normalized spacial score (nSPS) is 20.5. The van der Waals surface area contributed by atoms with Crippen LogP contribution in [0.25, 0.3) is 10.8 Å². The second-order valence-electron chi connectivity index (χ2n) is 20.1. The van der Waals surface area contributed by atoms with Gasteiger partial charge in [0.15, 0.2) is 0 Å². The van der Waals surface area contributed by atoms with Gasteiger partial charge in [-0.25, -0.2) is 9.59 Å². The average Bonchev–Trinajstić information content (AvgIpc) is 4.22. The molecule has 22 nitrogen and oxygen atoms in total. The molecular weight excluding hydrogens is 1040 g/mol. The summed E-state index contributed by atoms with van der Waals surface area (Å²) in [6, 6.07) is 6.74. The van der Waals surface area contributed by atoms with E-state index in [-0.39, 0.29) is 87.1 Å². The van der Waals surface area contributed by atoms with Crippen LogP contribution < -0.4 is 47.3 Å². The third kappa shape index (κ3) is 12.6. The van der Waals surface area contributed by atoms with E-state index in [2.05, 4.69) is 52.7 Å². The van der Waals surface area contributed by atoms with Crippen molar-refractivity contribution in [3.8, 4) is 5.75 Å². The zero-order valence-corrected chi connectivity index (χ0v) is 44.6. The Hall–Kier alpha value is -7.11. The summed E-state index contributed by atoms with van der Waals surface area (Å²) in [5.74, 6) is -2.81. The molecule has 6 aliphatic rings. The lowest BCUT2D eigenvalue weighted by molar-refractivity contribution is -0.137. The number of nitrogens with two attached hydrogens (primary N) is 1. The number of hydrogen-bond donors (Lipinski definition) is 7. The van der Waals surface area contributed by atoms with E-state index in [9.17, 15) is 43.2 Å². The SMILES string of the molecule is CC(C)[C@H](NCC(=O)NCCNC(=O)CCCN1C(=O)C=CC1=O)C(=O)N[C@@H](CCCNC(N)=O)C(=O)N1CCC2=C1C=CC1NC(C(=O)N3C[C@@H](CBr)c4c3cc(OC(=O)N3CCN(C)CC3)c3ccccc43)=CC21. The topological polar surface area (TPSA) is 277 Å². The number of piperazine rings is 1. The molecule has 23 heteroatoms. The highest BCUT2D eigenvalue weighted by Gasteiger charge is 2.43. The Morgan fingerprint density at radius 2 is 1.58 bits per heavy atom. The molecule has 2 aromatic rings. The fraction of sp³-hybridized carbons (Fsp3) is 0.491. The molecule has 0 radical (unpaired) electrons. The molecule has 0 bridgehead atoms. The van der Waals surface area contributed by atoms with Crippen LogP contribution in [0.3, 0.4) is 0 Å². The molecule has 406 valence electrons. The first-order chi connectivity index (χ1) is 36.5. The van der Waals surface area contributed by atoms with Gasteiger partial charge in [0, 0.05) is 118 Å². The number of primary amides is 1. The zero-order valence-electron chi connectivity index (χ0n) is 43.0. The number of ether oxygens (including phenoxy) is 1. The van der Waals surface area contributed by atoms with E-state index in [1.807, 2.05) is 69.5 Å². The van der Waals surface area contributed by atoms with Crippen LogP contribution in [0.1, 0.15) is 57.4 Å². The molecule has 1 fully saturated rings. The number of anilines is 1. The number of allylic oxidation sites excluding steroid dienone is 1. The van der Waals surface area contributed by atoms with Crippen molar-refractivity contribution in [2.24, 2.45) is 17.6 Å². The van der Waals surface area contributed by atoms with E-state index in [1.165, 1.54) is 12.2 Å². The van der Waals surface area contributed by atoms with Gasteiger partial charge in [0.1, 0.15) is 11.8 Å². The molecule has 5 heterocycles. The molecular formula is C53H67BrN12O10. The summed E-state index contributed by atoms with van der Waals surface area (Å²) in [4.78, 5) is 125. The fourth-order valence-corrected chi connectivity index (χ4v) is 11.1. The van der Waals surface area contributed by atoms with Gasteiger partial charge in [0.05, 0.1) is 30.0 Å². The molecule has 0 spiro atoms. The summed E-state index contributed by atoms with van der Waals surface area (Å²) in [6.07, 6.45) is 9.09. The highest BCUT2D eigenvalue weighted by molar-refractivity contribution is 9.09. The Morgan fingerprint density at radius 3 is 2.28 bits per heavy atom. The molecule has 5 aliphatic heterocycles. The number of halogens is 1. The van der Waals surface area contributed by atoms with Gasteiger partial charge in [0.25, 0.3) is 17.7 Å². The Labute approximate surface area is 449 Å². The Balaban J connectivity index is 0.903. The third-order valence-electron chi connectivity index (χ3n) is 14.6. The summed E-state index contributed by atoms with van der Waals surface area (Å²) >= 11 is 3.71. The van der Waals surface area contributed by atoms with Crippen LogP contribution in [0.15, 0.2) is 77.7 Å². The van der Waals surface area contributed by atoms with Gasteiger partial charge in [-0.1, -0.05) is 60.1 Å². The number of urea groups is 1. The van der Waals surface area contributed by atoms with Crippen molar-refractivity contribution >= 4 is 85.9 Å². The lowest BCUT2D eigenvalue weighted by Gasteiger charge is -2.31. The van der Waals surface area contributed by atoms with E-state index >= 15 is 0 Å². The minimum absolute atomic E-state index is 0.0328. The minimum Gasteiger partial charge on any atom is -0.409 e. The lowest BCUT2D eigenvalue weighted by atomic mass is 9.87. The van der Waals surface area contributed by atoms with Crippen LogP contribution in [-0.4, -0.2) is 176 Å². The number of carbonyl (C=O) groups excluding carboxylic acids is 9. The van der Waals surface area contributed by atoms with Crippen LogP contribution in [-0.2, 0) is 33.6 Å². The van der Waals surface area contributed by atoms with Crippen LogP contribution >= 0.6 is 15.9 Å². The monoisotopic (exact) mass is 1110 g/mol. The standard InChI is InChI=1S/C53H67BrN12O10/c1-31(2)48(59-29-44(68)57-19-18-56-43(67)11-7-20-65-45(69)14-15-46(65)70)49(71)61-38(10-6-17-58-52(55)74)50(72)64-21-16-33-36-26-39(60-37(36)12-13-40(33)64)51(73)66-30-32(28-54)47-35-9-5-4-8-34(35)42(27-41(47)66)76-53(75)63-24-22-62(3)23-25-63/h4-5,8-9,12-15,26-27,31-32,36-38,48,59-60H,6-7,10-11,16-25,28-30H2,1-3H3,(H,56,67)(H,57,68)(H,61,71)(H3,55,58,74)/t32-,36?,37?,38+,48+/m1/s1. The summed E-state index contributed by atoms with van der Waals surface area (Å²) < 4.78 is 6.12. The molecule has 8 N–H and O–H groups in total. The largest absolute Gasteiger partial charge is 0.415 e. The van der Waals surface area contributed by atoms with E-state index in [1.54, 1.807) is 14.7 Å². The number of nitrogens with zero attached hydrogens (tertiary/aromatic N) is 5. The fourth-order valence-electron chi connectivity index (χ4n) is 10.6. The Morgan fingerprint density at radius 1 is 0.868 bits per heavy atom. The van der Waals surface area contributed by atoms with E-state index in [0.717, 1.165) is 39.9 Å². The van der Waals surface area contributed by atoms with E-state index < -0.39 is 47.8 Å². The number of amides is 10. The zero-order chi connectivity index (χ0) is 54.2. The molecule has 0 aromatic heterocycles. The third-order valence-corrected chi connectivity index (χ3v) is 15.4. The number of rotatable bonds is 21. The Kier molecular flexibility index (Phi) is 17.9. The summed E-state index contributed by atoms with van der Waals surface area (Å²) in [6.45, 7) is 7.25. The summed E-state index contributed by atoms with van der Waals surface area (Å²) in [5.41, 5.74) is 9.07. The van der Waals surface area contributed by atoms with Crippen LogP contribution in [0.4, 0.5) is 15.3 Å². The molecule has 1 aliphatic carbocycles. The number of alkyl halides is 1. The molecule has 8 rings (SSSR count). The molecule has 1 saturated heterocycles. The molecule has 2 aromatic carbocycles. The first-order valence-corrected chi connectivity index (χ1v) is 27.1. The smallest absolute Gasteiger partial charge is 0.409 e. The maximum absolute atomic E-state index is 14.8. The maximum Gasteiger partial charge on any atom is 0.415 e. The number of benzene rings is 2. The maximum atomic E-state index is 14.8. The number of hydrogen-bond acceptors (Lipinski definition) is 13. The van der Waals surface area contributed by atoms with E-state index in [4.69, 9.17) is 10.5 Å². The molecule has 10 amide bonds. The summed E-state index contributed by atoms with van der Waals surface area (Å²) in [5, 5.41) is 19.6. The predicted molar refractivity (Wildman–Crippen MR) is 285 cm³/mol. The van der Waals surface area contributed by atoms with Gasteiger partial charge in [-0.2, -0.15) is 0 Å². The van der Waals surface area contributed by atoms with Crippen molar-refractivity contribution in [3.05, 3.63) is 83.2 Å². The van der Waals surface area contributed by atoms with Crippen LogP contribution in [0.5, 0.6) is 5.75 Å². The second kappa shape index (κ2) is 24.7. The first-order valence-electron chi connectivity index (χ1n) is 26.0. The number of nitrogens with one attached hydrogen (secondary N) is 6. The van der Waals surface area contributed by atoms with Crippen molar-refractivity contribution in [1.82, 2.24) is 51.5 Å². The van der Waals surface area contributed by atoms with Crippen molar-refractivity contribution in [1.29, 1.82) is 0 Å². The van der Waals surface area contributed by atoms with Crippen molar-refractivity contribution in [2.75, 3.05) is 89.3 Å². The number of likely N-dealkylation sites (N-methyl/N-ethyl adjacent to an activating group) is 1. The van der Waals surface area contributed by atoms with Gasteiger partial charge >= 0.3 is 12.1 Å². The van der Waals surface area contributed by atoms with Crippen LogP contribution in [0, 0.1) is 11.8 Å². The molecule has 76 heavy (non-hydrogen) atoms. The van der Waals surface area contributed by atoms with E-state index in [0.29, 0.717) is 73.6 Å². The Bertz CT molecular complexity index is 2750. The van der Waals surface area contributed by atoms with Gasteiger partial charge in [-0.15, -0.1) is 0 Å². The van der Waals surface area contributed by atoms with Crippen LogP contribution in [0.2, 0.25) is 0 Å². The van der Waals surface area contributed by atoms with Gasteiger partial charge < -0.3 is 56.7 Å². The molecule has 5 atom stereocenters. The predicted octanol–water partition coefficient (Wildman–Crippen LogP) is 1.42. The van der Waals surface area contributed by atoms with Crippen molar-refractivity contribution < 1.29 is 47.9 Å². The number of imide groups is 1. The number of fused-ring (bicyclic) bond motifs is 5. The van der Waals surface area contributed by atoms with Crippen molar-refractivity contribution in [2.45, 2.75) is 70.0 Å². The van der Waals surface area contributed by atoms with Crippen molar-refractivity contribution in [3.63, 3.8) is 0 Å². The highest BCUT2D eigenvalue weighted by Crippen LogP contribution is 2.47. The quantitative estimate of drug-likeness (QED) is 0.0530. The number of carbonyl (C=O) groups is 9. The van der Waals surface area contributed by atoms with Gasteiger partial charge in [0.2, 0.25) is 23.6 Å². The minimum atomic E-state index is -1.01. The van der Waals surface area contributed by atoms with Gasteiger partial charge in [-0.3, -0.25) is 43.8 Å². The molecule has 0 saturated carbocycles. The first kappa shape index (κ1) is 55.1. The average molecular weight is 1110 g/mol.